The second-order valence-electron chi connectivity index (χ2n) is 3.73. The van der Waals surface area contributed by atoms with Crippen molar-refractivity contribution in [1.29, 1.82) is 0 Å². The number of hydrogen-bond acceptors (Lipinski definition) is 4. The van der Waals surface area contributed by atoms with Gasteiger partial charge in [-0.05, 0) is 24.6 Å². The average Bonchev–Trinajstić information content (AvgIpc) is 2.74. The Balaban J connectivity index is 2.65. The van der Waals surface area contributed by atoms with Gasteiger partial charge in [0.2, 0.25) is 0 Å². The van der Waals surface area contributed by atoms with Crippen LogP contribution < -0.4 is 15.2 Å². The normalized spacial score (nSPS) is 10.3. The van der Waals surface area contributed by atoms with Gasteiger partial charge in [-0.1, -0.05) is 0 Å². The molecule has 5 heteroatoms. The number of ether oxygens (including phenoxy) is 2. The number of rotatable bonds is 3. The molecule has 0 bridgehead atoms. The van der Waals surface area contributed by atoms with Crippen molar-refractivity contribution in [2.75, 3.05) is 20.0 Å². The molecule has 0 atom stereocenters. The lowest BCUT2D eigenvalue weighted by Crippen LogP contribution is -1.95. The summed E-state index contributed by atoms with van der Waals surface area (Å²) in [7, 11) is 3.24. The summed E-state index contributed by atoms with van der Waals surface area (Å²) in [5.74, 6) is 1.82. The SMILES string of the molecule is COc1cc(C)cc(OC)c1-c1cnc(N)[nH]1. The van der Waals surface area contributed by atoms with Gasteiger partial charge in [0, 0.05) is 0 Å². The second-order valence-corrected chi connectivity index (χ2v) is 3.73. The number of nitrogens with one attached hydrogen (secondary N) is 1. The largest absolute Gasteiger partial charge is 0.496 e. The summed E-state index contributed by atoms with van der Waals surface area (Å²) in [6, 6.07) is 3.88. The van der Waals surface area contributed by atoms with Gasteiger partial charge in [0.05, 0.1) is 31.7 Å². The number of H-pyrrole nitrogens is 1. The molecule has 2 aromatic rings. The van der Waals surface area contributed by atoms with Crippen LogP contribution in [-0.4, -0.2) is 24.2 Å². The van der Waals surface area contributed by atoms with E-state index in [9.17, 15) is 0 Å². The third-order valence-electron chi connectivity index (χ3n) is 2.51. The summed E-state index contributed by atoms with van der Waals surface area (Å²) in [6.07, 6.45) is 1.66. The molecule has 90 valence electrons. The summed E-state index contributed by atoms with van der Waals surface area (Å²) in [6.45, 7) is 1.98. The van der Waals surface area contributed by atoms with E-state index < -0.39 is 0 Å². The van der Waals surface area contributed by atoms with Crippen molar-refractivity contribution in [3.05, 3.63) is 23.9 Å². The average molecular weight is 233 g/mol. The number of imidazole rings is 1. The molecule has 17 heavy (non-hydrogen) atoms. The summed E-state index contributed by atoms with van der Waals surface area (Å²) in [5, 5.41) is 0. The fourth-order valence-corrected chi connectivity index (χ4v) is 1.77. The van der Waals surface area contributed by atoms with Gasteiger partial charge in [0.25, 0.3) is 0 Å². The van der Waals surface area contributed by atoms with Crippen LogP contribution >= 0.6 is 0 Å². The van der Waals surface area contributed by atoms with Crippen LogP contribution in [0.4, 0.5) is 5.95 Å². The molecule has 3 N–H and O–H groups in total. The Bertz CT molecular complexity index is 509. The number of benzene rings is 1. The summed E-state index contributed by atoms with van der Waals surface area (Å²) in [4.78, 5) is 6.95. The van der Waals surface area contributed by atoms with E-state index in [-0.39, 0.29) is 0 Å². The molecular weight excluding hydrogens is 218 g/mol. The number of nitrogens with two attached hydrogens (primary N) is 1. The van der Waals surface area contributed by atoms with Gasteiger partial charge in [-0.25, -0.2) is 4.98 Å². The Morgan fingerprint density at radius 2 is 1.76 bits per heavy atom. The maximum Gasteiger partial charge on any atom is 0.197 e. The Kier molecular flexibility index (Phi) is 2.91. The molecule has 0 aliphatic rings. The van der Waals surface area contributed by atoms with E-state index in [0.29, 0.717) is 5.95 Å². The highest BCUT2D eigenvalue weighted by atomic mass is 16.5. The van der Waals surface area contributed by atoms with Crippen LogP contribution in [0.15, 0.2) is 18.3 Å². The predicted octanol–water partition coefficient (Wildman–Crippen LogP) is 1.98. The van der Waals surface area contributed by atoms with Gasteiger partial charge in [0.1, 0.15) is 11.5 Å². The molecule has 1 heterocycles. The molecule has 0 radical (unpaired) electrons. The zero-order valence-corrected chi connectivity index (χ0v) is 10.1. The lowest BCUT2D eigenvalue weighted by atomic mass is 10.1. The van der Waals surface area contributed by atoms with Crippen LogP contribution in [0.1, 0.15) is 5.56 Å². The quantitative estimate of drug-likeness (QED) is 0.850. The van der Waals surface area contributed by atoms with Crippen LogP contribution in [0.3, 0.4) is 0 Å². The van der Waals surface area contributed by atoms with Gasteiger partial charge in [0.15, 0.2) is 5.95 Å². The van der Waals surface area contributed by atoms with E-state index in [1.54, 1.807) is 20.4 Å². The van der Waals surface area contributed by atoms with E-state index >= 15 is 0 Å². The van der Waals surface area contributed by atoms with Crippen molar-refractivity contribution in [3.8, 4) is 22.8 Å². The number of anilines is 1. The molecule has 0 unspecified atom stereocenters. The van der Waals surface area contributed by atoms with Gasteiger partial charge in [-0.3, -0.25) is 0 Å². The molecule has 0 aliphatic heterocycles. The first-order valence-corrected chi connectivity index (χ1v) is 5.19. The first-order valence-electron chi connectivity index (χ1n) is 5.19. The maximum absolute atomic E-state index is 5.58. The van der Waals surface area contributed by atoms with Crippen molar-refractivity contribution in [2.45, 2.75) is 6.92 Å². The van der Waals surface area contributed by atoms with Crippen molar-refractivity contribution in [2.24, 2.45) is 0 Å². The molecular formula is C12H15N3O2. The minimum Gasteiger partial charge on any atom is -0.496 e. The molecule has 0 aliphatic carbocycles. The first kappa shape index (κ1) is 11.3. The molecule has 2 rings (SSSR count). The highest BCUT2D eigenvalue weighted by Crippen LogP contribution is 2.38. The second kappa shape index (κ2) is 4.37. The number of aromatic amines is 1. The van der Waals surface area contributed by atoms with Crippen LogP contribution in [0.5, 0.6) is 11.5 Å². The summed E-state index contributed by atoms with van der Waals surface area (Å²) < 4.78 is 10.7. The lowest BCUT2D eigenvalue weighted by Gasteiger charge is -2.12. The number of aryl methyl sites for hydroxylation is 1. The molecule has 1 aromatic heterocycles. The fourth-order valence-electron chi connectivity index (χ4n) is 1.77. The number of aromatic nitrogens is 2. The lowest BCUT2D eigenvalue weighted by molar-refractivity contribution is 0.396. The molecule has 5 nitrogen and oxygen atoms in total. The van der Waals surface area contributed by atoms with E-state index in [1.807, 2.05) is 19.1 Å². The Morgan fingerprint density at radius 1 is 1.18 bits per heavy atom. The van der Waals surface area contributed by atoms with Gasteiger partial charge >= 0.3 is 0 Å². The molecule has 0 saturated carbocycles. The zero-order valence-electron chi connectivity index (χ0n) is 10.1. The van der Waals surface area contributed by atoms with Crippen LogP contribution in [0.2, 0.25) is 0 Å². The smallest absolute Gasteiger partial charge is 0.197 e. The summed E-state index contributed by atoms with van der Waals surface area (Å²) >= 11 is 0. The van der Waals surface area contributed by atoms with Gasteiger partial charge in [-0.15, -0.1) is 0 Å². The highest BCUT2D eigenvalue weighted by molar-refractivity contribution is 5.75. The third kappa shape index (κ3) is 2.04. The maximum atomic E-state index is 5.58. The zero-order chi connectivity index (χ0) is 12.4. The number of hydrogen-bond donors (Lipinski definition) is 2. The van der Waals surface area contributed by atoms with Crippen molar-refractivity contribution < 1.29 is 9.47 Å². The van der Waals surface area contributed by atoms with E-state index in [2.05, 4.69) is 9.97 Å². The topological polar surface area (TPSA) is 73.2 Å². The molecule has 0 fully saturated rings. The van der Waals surface area contributed by atoms with E-state index in [0.717, 1.165) is 28.3 Å². The fraction of sp³-hybridized carbons (Fsp3) is 0.250. The highest BCUT2D eigenvalue weighted by Gasteiger charge is 2.15. The Hall–Kier alpha value is -2.17. The number of nitrogens with zero attached hydrogens (tertiary/aromatic N) is 1. The Morgan fingerprint density at radius 3 is 2.18 bits per heavy atom. The minimum atomic E-state index is 0.365. The van der Waals surface area contributed by atoms with E-state index in [1.165, 1.54) is 0 Å². The van der Waals surface area contributed by atoms with Crippen molar-refractivity contribution in [3.63, 3.8) is 0 Å². The Labute approximate surface area is 99.6 Å². The minimum absolute atomic E-state index is 0.365. The molecule has 0 amide bonds. The first-order chi connectivity index (χ1) is 8.15. The molecule has 1 aromatic carbocycles. The molecule has 0 spiro atoms. The van der Waals surface area contributed by atoms with Crippen LogP contribution in [0, 0.1) is 6.92 Å². The number of nitrogen functional groups attached to an aromatic ring is 1. The predicted molar refractivity (Wildman–Crippen MR) is 66.3 cm³/mol. The monoisotopic (exact) mass is 233 g/mol. The standard InChI is InChI=1S/C12H15N3O2/c1-7-4-9(16-2)11(10(5-7)17-3)8-6-14-12(13)15-8/h4-6H,1-3H3,(H3,13,14,15). The van der Waals surface area contributed by atoms with Crippen molar-refractivity contribution >= 4 is 5.95 Å². The third-order valence-corrected chi connectivity index (χ3v) is 2.51. The van der Waals surface area contributed by atoms with Crippen LogP contribution in [0.25, 0.3) is 11.3 Å². The van der Waals surface area contributed by atoms with Gasteiger partial charge < -0.3 is 20.2 Å². The van der Waals surface area contributed by atoms with Crippen LogP contribution in [-0.2, 0) is 0 Å². The number of methoxy groups -OCH3 is 2. The summed E-state index contributed by atoms with van der Waals surface area (Å²) in [5.41, 5.74) is 8.24. The van der Waals surface area contributed by atoms with Gasteiger partial charge in [-0.2, -0.15) is 0 Å². The van der Waals surface area contributed by atoms with Crippen molar-refractivity contribution in [1.82, 2.24) is 9.97 Å². The van der Waals surface area contributed by atoms with E-state index in [4.69, 9.17) is 15.2 Å². The molecule has 0 saturated heterocycles.